The summed E-state index contributed by atoms with van der Waals surface area (Å²) >= 11 is 9.85. The summed E-state index contributed by atoms with van der Waals surface area (Å²) in [5.41, 5.74) is 6.47. The summed E-state index contributed by atoms with van der Waals surface area (Å²) in [6.07, 6.45) is 8.26. The molecular weight excluding hydrogens is 422 g/mol. The smallest absolute Gasteiger partial charge is 0 e. The van der Waals surface area contributed by atoms with Crippen molar-refractivity contribution in [1.82, 2.24) is 0 Å². The number of hydrogen-bond acceptors (Lipinski definition) is 2. The van der Waals surface area contributed by atoms with Crippen LogP contribution < -0.4 is 10.4 Å². The van der Waals surface area contributed by atoms with Gasteiger partial charge >= 0.3 is 0 Å². The minimum absolute atomic E-state index is 0. The van der Waals surface area contributed by atoms with Crippen molar-refractivity contribution in [3.63, 3.8) is 0 Å². The molecular formula is C22H20N2S2Zn-4. The van der Waals surface area contributed by atoms with Crippen LogP contribution >= 0.6 is 0 Å². The topological polar surface area (TPSA) is 28.2 Å². The van der Waals surface area contributed by atoms with Gasteiger partial charge in [-0.25, -0.2) is 0 Å². The third-order valence-electron chi connectivity index (χ3n) is 4.23. The Morgan fingerprint density at radius 1 is 0.667 bits per heavy atom. The molecule has 0 fully saturated rings. The van der Waals surface area contributed by atoms with Crippen molar-refractivity contribution in [2.45, 2.75) is 25.4 Å². The molecule has 0 saturated carbocycles. The third kappa shape index (κ3) is 5.31. The maximum Gasteiger partial charge on any atom is 0 e. The van der Waals surface area contributed by atoms with E-state index in [0.29, 0.717) is 11.5 Å². The first-order valence-corrected chi connectivity index (χ1v) is 9.64. The fourth-order valence-corrected chi connectivity index (χ4v) is 3.37. The zero-order valence-electron chi connectivity index (χ0n) is 15.6. The van der Waals surface area contributed by atoms with Crippen molar-refractivity contribution in [2.24, 2.45) is 0 Å². The van der Waals surface area contributed by atoms with Crippen molar-refractivity contribution in [3.05, 3.63) is 92.1 Å². The maximum absolute atomic E-state index is 4.93. The van der Waals surface area contributed by atoms with Crippen LogP contribution in [0.25, 0.3) is 22.8 Å². The summed E-state index contributed by atoms with van der Waals surface area (Å²) in [7, 11) is 0. The molecule has 2 heterocycles. The van der Waals surface area contributed by atoms with Crippen molar-refractivity contribution in [2.75, 3.05) is 0 Å². The number of nitrogens with zero attached hydrogens (tertiary/aromatic N) is 2. The molecule has 0 N–H and O–H groups in total. The van der Waals surface area contributed by atoms with Crippen LogP contribution in [-0.2, 0) is 56.2 Å². The quantitative estimate of drug-likeness (QED) is 0.491. The summed E-state index contributed by atoms with van der Waals surface area (Å²) in [5.74, 6) is 1.35. The van der Waals surface area contributed by atoms with E-state index in [4.69, 9.17) is 25.3 Å². The van der Waals surface area contributed by atoms with E-state index in [9.17, 15) is 0 Å². The monoisotopic (exact) mass is 440 g/mol. The molecule has 2 aliphatic rings. The Balaban J connectivity index is 0.000000208. The number of fused-ring (bicyclic) bond motifs is 3. The SMILES string of the molecule is CC1=CC=c2ccc3c(c2[N-]1)[N-]C(C)=CC=3.[S-]Cc1ccccc1C[S-].[Zn]. The van der Waals surface area contributed by atoms with Gasteiger partial charge in [0.1, 0.15) is 0 Å². The first kappa shape index (κ1) is 21.9. The van der Waals surface area contributed by atoms with E-state index in [2.05, 4.69) is 34.9 Å². The van der Waals surface area contributed by atoms with Gasteiger partial charge in [-0.1, -0.05) is 85.7 Å². The fraction of sp³-hybridized carbons (Fsp3) is 0.182. The largest absolute Gasteiger partial charge is 0.788 e. The van der Waals surface area contributed by atoms with E-state index < -0.39 is 0 Å². The van der Waals surface area contributed by atoms with Gasteiger partial charge in [-0.05, 0) is 10.4 Å². The Kier molecular flexibility index (Phi) is 8.28. The minimum Gasteiger partial charge on any atom is -0.788 e. The van der Waals surface area contributed by atoms with Crippen molar-refractivity contribution < 1.29 is 19.5 Å². The number of hydrogen-bond donors (Lipinski definition) is 0. The van der Waals surface area contributed by atoms with Crippen molar-refractivity contribution >= 4 is 48.8 Å². The van der Waals surface area contributed by atoms with Crippen LogP contribution in [0.3, 0.4) is 0 Å². The molecule has 5 heteroatoms. The average Bonchev–Trinajstić information content (AvgIpc) is 2.68. The zero-order chi connectivity index (χ0) is 18.5. The van der Waals surface area contributed by atoms with Crippen LogP contribution in [-0.4, -0.2) is 0 Å². The summed E-state index contributed by atoms with van der Waals surface area (Å²) < 4.78 is 0. The number of allylic oxidation sites excluding steroid dienone is 4. The van der Waals surface area contributed by atoms with E-state index in [-0.39, 0.29) is 19.5 Å². The molecule has 2 nitrogen and oxygen atoms in total. The Morgan fingerprint density at radius 3 is 1.44 bits per heavy atom. The zero-order valence-corrected chi connectivity index (χ0v) is 20.2. The van der Waals surface area contributed by atoms with Crippen LogP contribution in [0, 0.1) is 0 Å². The molecule has 0 bridgehead atoms. The molecule has 27 heavy (non-hydrogen) atoms. The Bertz CT molecular complexity index is 914. The molecule has 0 unspecified atom stereocenters. The fourth-order valence-electron chi connectivity index (χ4n) is 2.80. The molecule has 2 aromatic rings. The predicted molar refractivity (Wildman–Crippen MR) is 117 cm³/mol. The summed E-state index contributed by atoms with van der Waals surface area (Å²) in [4.78, 5) is 0. The van der Waals surface area contributed by atoms with Crippen LogP contribution in [0.2, 0.25) is 0 Å². The Labute approximate surface area is 185 Å². The molecule has 4 rings (SSSR count). The maximum atomic E-state index is 4.93. The van der Waals surface area contributed by atoms with Crippen molar-refractivity contribution in [1.29, 1.82) is 0 Å². The second-order valence-corrected chi connectivity index (χ2v) is 6.75. The molecule has 2 aliphatic heterocycles. The van der Waals surface area contributed by atoms with E-state index in [1.165, 1.54) is 11.1 Å². The second-order valence-electron chi connectivity index (χ2n) is 6.17. The van der Waals surface area contributed by atoms with Crippen molar-refractivity contribution in [3.8, 4) is 0 Å². The minimum atomic E-state index is 0. The van der Waals surface area contributed by atoms with Crippen LogP contribution in [0.15, 0.2) is 59.9 Å². The summed E-state index contributed by atoms with van der Waals surface area (Å²) in [5, 5.41) is 11.5. The van der Waals surface area contributed by atoms with Gasteiger partial charge in [0.2, 0.25) is 0 Å². The average molecular weight is 442 g/mol. The molecule has 0 saturated heterocycles. The molecule has 0 amide bonds. The van der Waals surface area contributed by atoms with Gasteiger partial charge in [-0.3, -0.25) is 0 Å². The van der Waals surface area contributed by atoms with Crippen LogP contribution in [0.4, 0.5) is 11.4 Å². The van der Waals surface area contributed by atoms with Gasteiger partial charge in [0.05, 0.1) is 0 Å². The molecule has 0 aliphatic carbocycles. The first-order chi connectivity index (χ1) is 12.6. The summed E-state index contributed by atoms with van der Waals surface area (Å²) in [6.45, 7) is 4.02. The van der Waals surface area contributed by atoms with E-state index >= 15 is 0 Å². The van der Waals surface area contributed by atoms with Gasteiger partial charge in [0.15, 0.2) is 0 Å². The van der Waals surface area contributed by atoms with Gasteiger partial charge in [-0.2, -0.15) is 22.9 Å². The molecule has 0 radical (unpaired) electrons. The molecule has 0 aromatic heterocycles. The number of rotatable bonds is 2. The van der Waals surface area contributed by atoms with Gasteiger partial charge in [-0.15, -0.1) is 11.4 Å². The standard InChI is InChI=1S/C14H12N2.C8H10S2.Zn/c1-9-3-5-11-7-8-12-6-4-10(2)16-14(12)13(11)15-9;9-5-7-3-1-2-4-8(7)6-10;/h3-8H,1-2H3;1-4,9-10H,5-6H2;/q-2;;/p-2. The van der Waals surface area contributed by atoms with Crippen LogP contribution in [0.5, 0.6) is 0 Å². The molecule has 0 spiro atoms. The molecule has 136 valence electrons. The molecule has 2 aromatic carbocycles. The molecule has 0 atom stereocenters. The Hall–Kier alpha value is -1.42. The van der Waals surface area contributed by atoms with E-state index in [1.54, 1.807) is 0 Å². The first-order valence-electron chi connectivity index (χ1n) is 8.49. The Morgan fingerprint density at radius 2 is 1.07 bits per heavy atom. The van der Waals surface area contributed by atoms with E-state index in [1.807, 2.05) is 50.3 Å². The summed E-state index contributed by atoms with van der Waals surface area (Å²) in [6, 6.07) is 12.3. The van der Waals surface area contributed by atoms with Gasteiger partial charge in [0.25, 0.3) is 0 Å². The van der Waals surface area contributed by atoms with Crippen LogP contribution in [0.1, 0.15) is 25.0 Å². The van der Waals surface area contributed by atoms with Gasteiger partial charge in [0, 0.05) is 19.5 Å². The third-order valence-corrected chi connectivity index (χ3v) is 4.85. The number of benzene rings is 2. The van der Waals surface area contributed by atoms with E-state index in [0.717, 1.165) is 33.2 Å². The van der Waals surface area contributed by atoms with Gasteiger partial charge < -0.3 is 35.9 Å². The second kappa shape index (κ2) is 10.2. The normalized spacial score (nSPS) is 13.3. The predicted octanol–water partition coefficient (Wildman–Crippen LogP) is 4.87.